The normalized spacial score (nSPS) is 4.17. The average molecular weight is 401 g/mol. The molecule has 0 atom stereocenters. The van der Waals surface area contributed by atoms with Gasteiger partial charge in [0.05, 0.1) is 0 Å². The predicted molar refractivity (Wildman–Crippen MR) is 26.4 cm³/mol. The minimum Gasteiger partial charge on any atom is -1.00 e. The molecule has 0 aromatic rings. The molecular formula is C4H9Cl2NO4Pt. The first-order valence-electron chi connectivity index (χ1n) is 1.82. The Kier molecular flexibility index (Phi) is 101. The molecule has 0 aromatic heterocycles. The first-order valence-corrected chi connectivity index (χ1v) is 1.82. The van der Waals surface area contributed by atoms with Crippen LogP contribution in [0.1, 0.15) is 13.8 Å². The van der Waals surface area contributed by atoms with Crippen LogP contribution in [-0.2, 0) is 30.7 Å². The van der Waals surface area contributed by atoms with E-state index in [1.165, 1.54) is 0 Å². The zero-order chi connectivity index (χ0) is 7.15. The molecule has 78 valence electrons. The second-order valence-electron chi connectivity index (χ2n) is 0.983. The number of halogens is 2. The van der Waals surface area contributed by atoms with Crippen LogP contribution in [0.2, 0.25) is 0 Å². The maximum absolute atomic E-state index is 8.89. The van der Waals surface area contributed by atoms with Crippen molar-refractivity contribution in [3.8, 4) is 0 Å². The van der Waals surface area contributed by atoms with Gasteiger partial charge in [-0.25, -0.2) is 0 Å². The fraction of sp³-hybridized carbons (Fsp3) is 0.500. The van der Waals surface area contributed by atoms with Crippen molar-refractivity contribution in [3.05, 3.63) is 0 Å². The Morgan fingerprint density at radius 3 is 0.917 bits per heavy atom. The number of carboxylic acid groups (broad SMARTS) is 2. The zero-order valence-electron chi connectivity index (χ0n) is 6.41. The van der Waals surface area contributed by atoms with Crippen molar-refractivity contribution < 1.29 is 65.7 Å². The van der Waals surface area contributed by atoms with Crippen molar-refractivity contribution in [3.63, 3.8) is 0 Å². The van der Waals surface area contributed by atoms with Crippen LogP contribution >= 0.6 is 0 Å². The number of rotatable bonds is 0. The molecule has 0 aliphatic carbocycles. The Morgan fingerprint density at radius 2 is 0.917 bits per heavy atom. The molecule has 3 N–H and O–H groups in total. The molecule has 0 aliphatic heterocycles. The molecule has 0 aromatic carbocycles. The summed E-state index contributed by atoms with van der Waals surface area (Å²) < 4.78 is 0. The summed E-state index contributed by atoms with van der Waals surface area (Å²) in [5, 5.41) is 17.8. The standard InChI is InChI=1S/2C2H4O2.2ClH.H3N.Pt/c2*1-2(3)4;;;;/h2*1H3,(H,3,4);2*1H;1H3;/q;;;;;+4/p-4. The summed E-state index contributed by atoms with van der Waals surface area (Å²) in [6.07, 6.45) is 0. The Labute approximate surface area is 97.6 Å². The van der Waals surface area contributed by atoms with E-state index in [2.05, 4.69) is 0 Å². The predicted octanol–water partition coefficient (Wildman–Crippen LogP) is -8.32. The molecule has 0 fully saturated rings. The van der Waals surface area contributed by atoms with Crippen LogP contribution in [0, 0.1) is 0 Å². The third-order valence-corrected chi connectivity index (χ3v) is 0. The molecule has 5 nitrogen and oxygen atoms in total. The first kappa shape index (κ1) is 39.9. The molecule has 0 aliphatic rings. The Hall–Kier alpha value is 0.168. The fourth-order valence-corrected chi connectivity index (χ4v) is 0. The van der Waals surface area contributed by atoms with Crippen molar-refractivity contribution in [1.29, 1.82) is 0 Å². The summed E-state index contributed by atoms with van der Waals surface area (Å²) in [5.41, 5.74) is 0. The Bertz CT molecular complexity index is 83.1. The van der Waals surface area contributed by atoms with Gasteiger partial charge in [0.2, 0.25) is 0 Å². The number of carbonyl (C=O) groups is 2. The van der Waals surface area contributed by atoms with E-state index in [9.17, 15) is 0 Å². The summed E-state index contributed by atoms with van der Waals surface area (Å²) in [6, 6.07) is 0. The maximum atomic E-state index is 8.89. The topological polar surface area (TPSA) is 115 Å². The summed E-state index contributed by atoms with van der Waals surface area (Å²) in [7, 11) is 0. The van der Waals surface area contributed by atoms with Gasteiger partial charge in [0, 0.05) is 11.9 Å². The third kappa shape index (κ3) is 30200. The summed E-state index contributed by atoms with van der Waals surface area (Å²) in [6.45, 7) is 1.94. The van der Waals surface area contributed by atoms with Gasteiger partial charge < -0.3 is 50.8 Å². The molecule has 0 amide bonds. The van der Waals surface area contributed by atoms with Crippen LogP contribution in [0.15, 0.2) is 0 Å². The van der Waals surface area contributed by atoms with Gasteiger partial charge in [0.1, 0.15) is 0 Å². The molecule has 0 unspecified atom stereocenters. The molecule has 0 bridgehead atoms. The van der Waals surface area contributed by atoms with Gasteiger partial charge in [0.15, 0.2) is 0 Å². The van der Waals surface area contributed by atoms with Gasteiger partial charge in [-0.15, -0.1) is 0 Å². The minimum absolute atomic E-state index is 0. The van der Waals surface area contributed by atoms with Crippen molar-refractivity contribution in [2.45, 2.75) is 13.8 Å². The number of carbonyl (C=O) groups excluding carboxylic acids is 2. The van der Waals surface area contributed by atoms with Gasteiger partial charge >= 0.3 is 21.1 Å². The van der Waals surface area contributed by atoms with Crippen LogP contribution in [-0.4, -0.2) is 11.9 Å². The van der Waals surface area contributed by atoms with E-state index >= 15 is 0 Å². The second kappa shape index (κ2) is 30.3. The van der Waals surface area contributed by atoms with E-state index in [1.54, 1.807) is 0 Å². The number of hydrogen-bond acceptors (Lipinski definition) is 5. The van der Waals surface area contributed by atoms with Crippen LogP contribution in [0.4, 0.5) is 0 Å². The first-order chi connectivity index (χ1) is 3.46. The molecule has 8 heteroatoms. The van der Waals surface area contributed by atoms with E-state index in [0.717, 1.165) is 13.8 Å². The van der Waals surface area contributed by atoms with Crippen LogP contribution in [0.5, 0.6) is 0 Å². The second-order valence-corrected chi connectivity index (χ2v) is 0.983. The van der Waals surface area contributed by atoms with E-state index in [4.69, 9.17) is 19.8 Å². The number of hydrogen-bond donors (Lipinski definition) is 1. The SMILES string of the molecule is CC(=O)[O-].CC(=O)[O-].N.[Cl-].[Cl-].[Pt+4]. The number of carboxylic acids is 2. The molecule has 12 heavy (non-hydrogen) atoms. The number of aliphatic carboxylic acids is 2. The fourth-order valence-electron chi connectivity index (χ4n) is 0. The van der Waals surface area contributed by atoms with E-state index < -0.39 is 11.9 Å². The van der Waals surface area contributed by atoms with E-state index in [0.29, 0.717) is 0 Å². The molecular weight excluding hydrogens is 392 g/mol. The molecule has 0 saturated heterocycles. The Morgan fingerprint density at radius 1 is 0.917 bits per heavy atom. The van der Waals surface area contributed by atoms with Gasteiger partial charge in [-0.05, 0) is 13.8 Å². The summed E-state index contributed by atoms with van der Waals surface area (Å²) >= 11 is 0. The smallest absolute Gasteiger partial charge is 1.00 e. The quantitative estimate of drug-likeness (QED) is 0.433. The van der Waals surface area contributed by atoms with Crippen molar-refractivity contribution in [2.24, 2.45) is 0 Å². The van der Waals surface area contributed by atoms with Crippen molar-refractivity contribution in [2.75, 3.05) is 0 Å². The van der Waals surface area contributed by atoms with Crippen molar-refractivity contribution in [1.82, 2.24) is 6.15 Å². The van der Waals surface area contributed by atoms with Gasteiger partial charge in [0.25, 0.3) is 0 Å². The van der Waals surface area contributed by atoms with Crippen molar-refractivity contribution >= 4 is 11.9 Å². The van der Waals surface area contributed by atoms with Crippen LogP contribution < -0.4 is 41.2 Å². The van der Waals surface area contributed by atoms with Gasteiger partial charge in [-0.2, -0.15) is 0 Å². The zero-order valence-corrected chi connectivity index (χ0v) is 10.2. The molecule has 0 rings (SSSR count). The molecule has 0 saturated carbocycles. The third-order valence-electron chi connectivity index (χ3n) is 0. The molecule has 0 heterocycles. The van der Waals surface area contributed by atoms with Crippen LogP contribution in [0.3, 0.4) is 0 Å². The summed E-state index contributed by atoms with van der Waals surface area (Å²) in [4.78, 5) is 17.8. The molecule has 0 radical (unpaired) electrons. The monoisotopic (exact) mass is 400 g/mol. The van der Waals surface area contributed by atoms with Crippen LogP contribution in [0.25, 0.3) is 0 Å². The summed E-state index contributed by atoms with van der Waals surface area (Å²) in [5.74, 6) is -2.17. The van der Waals surface area contributed by atoms with E-state index in [1.807, 2.05) is 0 Å². The Balaban J connectivity index is -0.0000000112. The van der Waals surface area contributed by atoms with Gasteiger partial charge in [-0.1, -0.05) is 0 Å². The largest absolute Gasteiger partial charge is 4.00 e. The van der Waals surface area contributed by atoms with Gasteiger partial charge in [-0.3, -0.25) is 0 Å². The molecule has 0 spiro atoms. The average Bonchev–Trinajstić information content (AvgIpc) is 1.25. The van der Waals surface area contributed by atoms with E-state index in [-0.39, 0.29) is 52.0 Å². The minimum atomic E-state index is -1.08. The maximum Gasteiger partial charge on any atom is 4.00 e.